The largest absolute Gasteiger partial charge is 0.368 e. The molecule has 0 fully saturated rings. The molecule has 5 heteroatoms. The van der Waals surface area contributed by atoms with Crippen LogP contribution in [0.25, 0.3) is 11.3 Å². The average molecular weight is 217 g/mol. The highest BCUT2D eigenvalue weighted by Gasteiger charge is 2.02. The topological polar surface area (TPSA) is 69.6 Å². The molecular weight excluding hydrogens is 202 g/mol. The Morgan fingerprint density at radius 1 is 1.25 bits per heavy atom. The van der Waals surface area contributed by atoms with Crippen LogP contribution in [-0.2, 0) is 6.54 Å². The first-order valence-electron chi connectivity index (χ1n) is 5.39. The van der Waals surface area contributed by atoms with E-state index in [4.69, 9.17) is 5.73 Å². The summed E-state index contributed by atoms with van der Waals surface area (Å²) in [5.41, 5.74) is 7.21. The normalized spacial score (nSPS) is 10.6. The molecule has 2 aromatic rings. The Labute approximate surface area is 94.4 Å². The third kappa shape index (κ3) is 2.36. The summed E-state index contributed by atoms with van der Waals surface area (Å²) in [7, 11) is 0. The fourth-order valence-corrected chi connectivity index (χ4v) is 1.44. The van der Waals surface area contributed by atoms with Crippen molar-refractivity contribution in [3.05, 3.63) is 24.9 Å². The molecule has 0 unspecified atom stereocenters. The van der Waals surface area contributed by atoms with Crippen molar-refractivity contribution >= 4 is 5.95 Å². The molecule has 0 aliphatic heterocycles. The smallest absolute Gasteiger partial charge is 0.219 e. The van der Waals surface area contributed by atoms with Crippen LogP contribution >= 0.6 is 0 Å². The van der Waals surface area contributed by atoms with E-state index in [9.17, 15) is 0 Å². The first-order valence-corrected chi connectivity index (χ1v) is 5.39. The van der Waals surface area contributed by atoms with E-state index in [1.165, 1.54) is 6.42 Å². The van der Waals surface area contributed by atoms with Crippen molar-refractivity contribution in [1.29, 1.82) is 0 Å². The lowest BCUT2D eigenvalue weighted by Crippen LogP contribution is -1.94. The fourth-order valence-electron chi connectivity index (χ4n) is 1.44. The third-order valence-corrected chi connectivity index (χ3v) is 2.37. The van der Waals surface area contributed by atoms with Crippen LogP contribution in [0.2, 0.25) is 0 Å². The molecule has 0 radical (unpaired) electrons. The number of aromatic nitrogens is 4. The highest BCUT2D eigenvalue weighted by atomic mass is 15.0. The molecule has 0 amide bonds. The molecule has 0 bridgehead atoms. The second-order valence-electron chi connectivity index (χ2n) is 3.68. The van der Waals surface area contributed by atoms with Gasteiger partial charge in [-0.1, -0.05) is 13.3 Å². The van der Waals surface area contributed by atoms with Gasteiger partial charge in [-0.15, -0.1) is 0 Å². The fraction of sp³-hybridized carbons (Fsp3) is 0.364. The summed E-state index contributed by atoms with van der Waals surface area (Å²) < 4.78 is 2.08. The molecular formula is C11H15N5. The van der Waals surface area contributed by atoms with Crippen molar-refractivity contribution in [2.24, 2.45) is 0 Å². The Morgan fingerprint density at radius 2 is 2.00 bits per heavy atom. The maximum Gasteiger partial charge on any atom is 0.219 e. The van der Waals surface area contributed by atoms with Crippen LogP contribution in [0, 0.1) is 0 Å². The lowest BCUT2D eigenvalue weighted by molar-refractivity contribution is 0.631. The molecule has 0 aromatic carbocycles. The zero-order chi connectivity index (χ0) is 11.4. The maximum atomic E-state index is 5.43. The van der Waals surface area contributed by atoms with Crippen LogP contribution < -0.4 is 5.73 Å². The number of unbranched alkanes of at least 4 members (excludes halogenated alkanes) is 1. The van der Waals surface area contributed by atoms with E-state index in [1.807, 2.05) is 12.5 Å². The Bertz CT molecular complexity index is 446. The minimum absolute atomic E-state index is 0.286. The summed E-state index contributed by atoms with van der Waals surface area (Å²) in [5.74, 6) is 0.286. The molecule has 0 saturated carbocycles. The molecule has 2 aromatic heterocycles. The van der Waals surface area contributed by atoms with Gasteiger partial charge < -0.3 is 10.3 Å². The van der Waals surface area contributed by atoms with Gasteiger partial charge in [0.2, 0.25) is 5.95 Å². The quantitative estimate of drug-likeness (QED) is 0.846. The van der Waals surface area contributed by atoms with E-state index in [2.05, 4.69) is 26.4 Å². The molecule has 84 valence electrons. The van der Waals surface area contributed by atoms with Crippen LogP contribution in [0.1, 0.15) is 19.8 Å². The summed E-state index contributed by atoms with van der Waals surface area (Å²) in [5, 5.41) is 0. The van der Waals surface area contributed by atoms with Gasteiger partial charge in [0, 0.05) is 30.7 Å². The number of nitrogen functional groups attached to an aromatic ring is 1. The van der Waals surface area contributed by atoms with Gasteiger partial charge in [-0.25, -0.2) is 15.0 Å². The molecule has 2 heterocycles. The second-order valence-corrected chi connectivity index (χ2v) is 3.68. The summed E-state index contributed by atoms with van der Waals surface area (Å²) in [6.07, 6.45) is 9.56. The molecule has 16 heavy (non-hydrogen) atoms. The highest BCUT2D eigenvalue weighted by Crippen LogP contribution is 2.15. The second kappa shape index (κ2) is 4.74. The number of aryl methyl sites for hydroxylation is 1. The van der Waals surface area contributed by atoms with E-state index >= 15 is 0 Å². The Kier molecular flexibility index (Phi) is 3.14. The van der Waals surface area contributed by atoms with Crippen LogP contribution in [0.5, 0.6) is 0 Å². The number of rotatable bonds is 4. The van der Waals surface area contributed by atoms with Crippen LogP contribution in [0.3, 0.4) is 0 Å². The van der Waals surface area contributed by atoms with E-state index < -0.39 is 0 Å². The number of anilines is 1. The summed E-state index contributed by atoms with van der Waals surface area (Å²) >= 11 is 0. The van der Waals surface area contributed by atoms with Crippen molar-refractivity contribution in [3.8, 4) is 11.3 Å². The van der Waals surface area contributed by atoms with Gasteiger partial charge in [0.15, 0.2) is 0 Å². The number of hydrogen-bond acceptors (Lipinski definition) is 4. The maximum absolute atomic E-state index is 5.43. The minimum Gasteiger partial charge on any atom is -0.368 e. The van der Waals surface area contributed by atoms with Crippen molar-refractivity contribution in [2.45, 2.75) is 26.3 Å². The van der Waals surface area contributed by atoms with Gasteiger partial charge in [0.05, 0.1) is 12.0 Å². The van der Waals surface area contributed by atoms with Crippen molar-refractivity contribution in [2.75, 3.05) is 5.73 Å². The van der Waals surface area contributed by atoms with Crippen LogP contribution in [0.4, 0.5) is 5.95 Å². The molecule has 0 aliphatic carbocycles. The van der Waals surface area contributed by atoms with Gasteiger partial charge in [-0.2, -0.15) is 0 Å². The lowest BCUT2D eigenvalue weighted by atomic mass is 10.3. The zero-order valence-electron chi connectivity index (χ0n) is 9.30. The summed E-state index contributed by atoms with van der Waals surface area (Å²) in [6, 6.07) is 0. The van der Waals surface area contributed by atoms with Gasteiger partial charge in [0.25, 0.3) is 0 Å². The van der Waals surface area contributed by atoms with E-state index in [1.54, 1.807) is 12.4 Å². The molecule has 2 rings (SSSR count). The van der Waals surface area contributed by atoms with E-state index in [-0.39, 0.29) is 5.95 Å². The SMILES string of the molecule is CCCCn1cnc(-c2cnc(N)nc2)c1. The van der Waals surface area contributed by atoms with Crippen molar-refractivity contribution < 1.29 is 0 Å². The first kappa shape index (κ1) is 10.6. The van der Waals surface area contributed by atoms with Crippen molar-refractivity contribution in [1.82, 2.24) is 19.5 Å². The molecule has 0 saturated heterocycles. The molecule has 0 atom stereocenters. The standard InChI is InChI=1S/C11H15N5/c1-2-3-4-16-7-10(15-8-16)9-5-13-11(12)14-6-9/h5-8H,2-4H2,1H3,(H2,12,13,14). The predicted molar refractivity (Wildman–Crippen MR) is 62.6 cm³/mol. The van der Waals surface area contributed by atoms with Gasteiger partial charge in [-0.05, 0) is 6.42 Å². The highest BCUT2D eigenvalue weighted by molar-refractivity contribution is 5.56. The van der Waals surface area contributed by atoms with Gasteiger partial charge >= 0.3 is 0 Å². The molecule has 0 aliphatic rings. The van der Waals surface area contributed by atoms with Gasteiger partial charge in [-0.3, -0.25) is 0 Å². The van der Waals surface area contributed by atoms with E-state index in [0.29, 0.717) is 0 Å². The summed E-state index contributed by atoms with van der Waals surface area (Å²) in [6.45, 7) is 3.17. The zero-order valence-corrected chi connectivity index (χ0v) is 9.30. The van der Waals surface area contributed by atoms with Crippen molar-refractivity contribution in [3.63, 3.8) is 0 Å². The lowest BCUT2D eigenvalue weighted by Gasteiger charge is -1.98. The first-order chi connectivity index (χ1) is 7.79. The minimum atomic E-state index is 0.286. The van der Waals surface area contributed by atoms with Crippen LogP contribution in [0.15, 0.2) is 24.9 Å². The number of hydrogen-bond donors (Lipinski definition) is 1. The number of nitrogens with two attached hydrogens (primary N) is 1. The Balaban J connectivity index is 2.15. The Morgan fingerprint density at radius 3 is 2.69 bits per heavy atom. The predicted octanol–water partition coefficient (Wildman–Crippen LogP) is 1.72. The molecule has 5 nitrogen and oxygen atoms in total. The molecule has 0 spiro atoms. The Hall–Kier alpha value is -1.91. The van der Waals surface area contributed by atoms with Crippen LogP contribution in [-0.4, -0.2) is 19.5 Å². The number of nitrogens with zero attached hydrogens (tertiary/aromatic N) is 4. The average Bonchev–Trinajstić information content (AvgIpc) is 2.76. The third-order valence-electron chi connectivity index (χ3n) is 2.37. The van der Waals surface area contributed by atoms with E-state index in [0.717, 1.165) is 24.2 Å². The van der Waals surface area contributed by atoms with Gasteiger partial charge in [0.1, 0.15) is 0 Å². The summed E-state index contributed by atoms with van der Waals surface area (Å²) in [4.78, 5) is 12.2. The molecule has 2 N–H and O–H groups in total. The monoisotopic (exact) mass is 217 g/mol. The number of imidazole rings is 1.